The number of carbonyl (C=O) groups is 2. The third-order valence-electron chi connectivity index (χ3n) is 5.38. The van der Waals surface area contributed by atoms with E-state index in [0.29, 0.717) is 18.8 Å². The first kappa shape index (κ1) is 17.6. The highest BCUT2D eigenvalue weighted by molar-refractivity contribution is 6.17. The number of piperidine rings is 2. The lowest BCUT2D eigenvalue weighted by molar-refractivity contribution is -0.134. The molecule has 2 amide bonds. The van der Waals surface area contributed by atoms with E-state index in [-0.39, 0.29) is 17.5 Å². The maximum atomic E-state index is 12.1. The third kappa shape index (κ3) is 3.74. The summed E-state index contributed by atoms with van der Waals surface area (Å²) in [5, 5.41) is 14.0. The van der Waals surface area contributed by atoms with Gasteiger partial charge in [0, 0.05) is 24.7 Å². The van der Waals surface area contributed by atoms with Gasteiger partial charge >= 0.3 is 0 Å². The molecule has 2 aliphatic rings. The fourth-order valence-electron chi connectivity index (χ4n) is 3.76. The van der Waals surface area contributed by atoms with Crippen molar-refractivity contribution < 1.29 is 9.59 Å². The van der Waals surface area contributed by atoms with Crippen LogP contribution in [0.3, 0.4) is 0 Å². The maximum absolute atomic E-state index is 12.1. The Bertz CT molecular complexity index is 693. The van der Waals surface area contributed by atoms with Gasteiger partial charge in [0.2, 0.25) is 11.8 Å². The zero-order valence-corrected chi connectivity index (χ0v) is 14.9. The highest BCUT2D eigenvalue weighted by atomic mass is 16.2. The van der Waals surface area contributed by atoms with Crippen molar-refractivity contribution >= 4 is 23.2 Å². The fraction of sp³-hybridized carbons (Fsp3) is 0.526. The molecule has 0 saturated carbocycles. The topological polar surface area (TPSA) is 85.3 Å². The lowest BCUT2D eigenvalue weighted by Gasteiger charge is -2.30. The number of nitrogens with zero attached hydrogens (tertiary/aromatic N) is 1. The minimum atomic E-state index is -0.556. The van der Waals surface area contributed by atoms with E-state index in [0.717, 1.165) is 37.2 Å². The van der Waals surface area contributed by atoms with Crippen molar-refractivity contribution in [2.45, 2.75) is 31.6 Å². The van der Waals surface area contributed by atoms with Gasteiger partial charge in [-0.2, -0.15) is 0 Å². The molecule has 1 unspecified atom stereocenters. The largest absolute Gasteiger partial charge is 0.388 e. The third-order valence-corrected chi connectivity index (χ3v) is 5.38. The van der Waals surface area contributed by atoms with Crippen molar-refractivity contribution in [2.24, 2.45) is 5.92 Å². The van der Waals surface area contributed by atoms with Crippen LogP contribution in [0.15, 0.2) is 18.2 Å². The highest BCUT2D eigenvalue weighted by Crippen LogP contribution is 2.32. The molecular weight excluding hydrogens is 316 g/mol. The van der Waals surface area contributed by atoms with E-state index in [9.17, 15) is 9.59 Å². The Hall–Kier alpha value is -2.21. The smallest absolute Gasteiger partial charge is 0.235 e. The van der Waals surface area contributed by atoms with E-state index in [1.807, 2.05) is 13.1 Å². The number of nitrogens with one attached hydrogen (secondary N) is 3. The summed E-state index contributed by atoms with van der Waals surface area (Å²) in [7, 11) is 3.99. The molecular formula is C19H26N4O2. The van der Waals surface area contributed by atoms with E-state index in [4.69, 9.17) is 5.41 Å². The number of likely N-dealkylation sites (tertiary alicyclic amines) is 1. The number of rotatable bonds is 4. The summed E-state index contributed by atoms with van der Waals surface area (Å²) in [5.74, 6) is -0.621. The molecule has 0 aromatic heterocycles. The number of hydrogen-bond donors (Lipinski definition) is 3. The molecule has 25 heavy (non-hydrogen) atoms. The molecule has 0 spiro atoms. The summed E-state index contributed by atoms with van der Waals surface area (Å²) in [6, 6.07) is 6.16. The molecule has 6 heteroatoms. The first-order chi connectivity index (χ1) is 12.0. The maximum Gasteiger partial charge on any atom is 0.235 e. The van der Waals surface area contributed by atoms with Crippen LogP contribution < -0.4 is 10.6 Å². The molecule has 2 fully saturated rings. The Morgan fingerprint density at radius 2 is 1.96 bits per heavy atom. The SMILES string of the molecule is CNc1cc(C2CCN(C)CC2)ccc1C(=N)C1CCC(=O)NC1=O. The van der Waals surface area contributed by atoms with Crippen molar-refractivity contribution in [1.29, 1.82) is 5.41 Å². The normalized spacial score (nSPS) is 22.6. The van der Waals surface area contributed by atoms with Gasteiger partial charge in [-0.05, 0) is 56.9 Å². The second-order valence-corrected chi connectivity index (χ2v) is 7.05. The fourth-order valence-corrected chi connectivity index (χ4v) is 3.76. The summed E-state index contributed by atoms with van der Waals surface area (Å²) < 4.78 is 0. The van der Waals surface area contributed by atoms with Gasteiger partial charge in [-0.1, -0.05) is 12.1 Å². The van der Waals surface area contributed by atoms with Crippen LogP contribution in [-0.4, -0.2) is 49.6 Å². The van der Waals surface area contributed by atoms with Gasteiger partial charge in [-0.25, -0.2) is 0 Å². The van der Waals surface area contributed by atoms with Crippen LogP contribution in [0.5, 0.6) is 0 Å². The first-order valence-corrected chi connectivity index (χ1v) is 8.92. The molecule has 3 N–H and O–H groups in total. The number of amides is 2. The number of anilines is 1. The zero-order valence-electron chi connectivity index (χ0n) is 14.9. The van der Waals surface area contributed by atoms with Gasteiger partial charge in [0.1, 0.15) is 0 Å². The molecule has 0 radical (unpaired) electrons. The van der Waals surface area contributed by atoms with E-state index in [1.165, 1.54) is 5.56 Å². The number of imide groups is 1. The molecule has 1 aromatic carbocycles. The van der Waals surface area contributed by atoms with Crippen LogP contribution >= 0.6 is 0 Å². The van der Waals surface area contributed by atoms with Crippen LogP contribution in [0, 0.1) is 11.3 Å². The van der Waals surface area contributed by atoms with E-state index >= 15 is 0 Å². The highest BCUT2D eigenvalue weighted by Gasteiger charge is 2.31. The van der Waals surface area contributed by atoms with E-state index in [1.54, 1.807) is 0 Å². The summed E-state index contributed by atoms with van der Waals surface area (Å²) in [5.41, 5.74) is 3.20. The standard InChI is InChI=1S/C19H26N4O2/c1-21-16-11-13(12-7-9-23(2)10-8-12)3-4-14(16)18(20)15-5-6-17(24)22-19(15)25/h3-4,11-12,15,20-21H,5-10H2,1-2H3,(H,22,24,25). The van der Waals surface area contributed by atoms with E-state index in [2.05, 4.69) is 34.7 Å². The summed E-state index contributed by atoms with van der Waals surface area (Å²) >= 11 is 0. The predicted molar refractivity (Wildman–Crippen MR) is 98.2 cm³/mol. The van der Waals surface area contributed by atoms with E-state index < -0.39 is 5.92 Å². The van der Waals surface area contributed by atoms with Crippen LogP contribution in [0.25, 0.3) is 0 Å². The molecule has 1 atom stereocenters. The monoisotopic (exact) mass is 342 g/mol. The zero-order chi connectivity index (χ0) is 18.0. The Kier molecular flexibility index (Phi) is 5.18. The Morgan fingerprint density at radius 1 is 1.24 bits per heavy atom. The van der Waals surface area contributed by atoms with Crippen LogP contribution in [0.4, 0.5) is 5.69 Å². The number of carbonyl (C=O) groups excluding carboxylic acids is 2. The van der Waals surface area contributed by atoms with Crippen molar-refractivity contribution in [1.82, 2.24) is 10.2 Å². The van der Waals surface area contributed by atoms with Gasteiger partial charge in [0.15, 0.2) is 0 Å². The summed E-state index contributed by atoms with van der Waals surface area (Å²) in [4.78, 5) is 25.7. The Morgan fingerprint density at radius 3 is 2.60 bits per heavy atom. The molecule has 2 heterocycles. The van der Waals surface area contributed by atoms with Gasteiger partial charge in [0.05, 0.1) is 11.6 Å². The molecule has 3 rings (SSSR count). The average Bonchev–Trinajstić information content (AvgIpc) is 2.61. The lowest BCUT2D eigenvalue weighted by atomic mass is 9.85. The van der Waals surface area contributed by atoms with Gasteiger partial charge in [0.25, 0.3) is 0 Å². The lowest BCUT2D eigenvalue weighted by Crippen LogP contribution is -2.44. The minimum Gasteiger partial charge on any atom is -0.388 e. The number of benzene rings is 1. The predicted octanol–water partition coefficient (Wildman–Crippen LogP) is 1.96. The second kappa shape index (κ2) is 7.35. The van der Waals surface area contributed by atoms with Crippen LogP contribution in [-0.2, 0) is 9.59 Å². The quantitative estimate of drug-likeness (QED) is 0.577. The van der Waals surface area contributed by atoms with Crippen molar-refractivity contribution in [3.05, 3.63) is 29.3 Å². The van der Waals surface area contributed by atoms with Gasteiger partial charge in [-0.15, -0.1) is 0 Å². The molecule has 134 valence electrons. The van der Waals surface area contributed by atoms with Gasteiger partial charge < -0.3 is 15.6 Å². The van der Waals surface area contributed by atoms with Crippen LogP contribution in [0.2, 0.25) is 0 Å². The van der Waals surface area contributed by atoms with Crippen molar-refractivity contribution in [2.75, 3.05) is 32.5 Å². The number of hydrogen-bond acceptors (Lipinski definition) is 5. The molecule has 6 nitrogen and oxygen atoms in total. The molecule has 2 saturated heterocycles. The first-order valence-electron chi connectivity index (χ1n) is 8.92. The summed E-state index contributed by atoms with van der Waals surface area (Å²) in [6.07, 6.45) is 2.98. The summed E-state index contributed by atoms with van der Waals surface area (Å²) in [6.45, 7) is 2.21. The van der Waals surface area contributed by atoms with Crippen molar-refractivity contribution in [3.8, 4) is 0 Å². The molecule has 0 aliphatic carbocycles. The minimum absolute atomic E-state index is 0.250. The average molecular weight is 342 g/mol. The van der Waals surface area contributed by atoms with Gasteiger partial charge in [-0.3, -0.25) is 14.9 Å². The molecule has 1 aromatic rings. The Labute approximate surface area is 148 Å². The van der Waals surface area contributed by atoms with Crippen molar-refractivity contribution in [3.63, 3.8) is 0 Å². The second-order valence-electron chi connectivity index (χ2n) is 7.05. The molecule has 0 bridgehead atoms. The Balaban J connectivity index is 1.81. The molecule has 2 aliphatic heterocycles. The van der Waals surface area contributed by atoms with Crippen LogP contribution in [0.1, 0.15) is 42.7 Å².